The number of benzene rings is 1. The van der Waals surface area contributed by atoms with Crippen molar-refractivity contribution in [3.8, 4) is 0 Å². The third kappa shape index (κ3) is 2.83. The molecule has 3 rings (SSSR count). The highest BCUT2D eigenvalue weighted by Gasteiger charge is 2.20. The molecule has 1 aromatic heterocycles. The van der Waals surface area contributed by atoms with Gasteiger partial charge in [0.15, 0.2) is 0 Å². The number of nitrogens with one attached hydrogen (secondary N) is 1. The molecule has 100 valence electrons. The van der Waals surface area contributed by atoms with Crippen molar-refractivity contribution in [2.24, 2.45) is 5.92 Å². The number of rotatable bonds is 3. The van der Waals surface area contributed by atoms with Gasteiger partial charge in [0.05, 0.1) is 5.52 Å². The smallest absolute Gasteiger partial charge is 0.243 e. The topological polar surface area (TPSA) is 50.7 Å². The maximum Gasteiger partial charge on any atom is 0.243 e. The zero-order valence-corrected chi connectivity index (χ0v) is 11.3. The van der Waals surface area contributed by atoms with Crippen molar-refractivity contribution in [1.29, 1.82) is 0 Å². The Morgan fingerprint density at radius 1 is 1.05 bits per heavy atom. The molecule has 1 heterocycles. The van der Waals surface area contributed by atoms with Crippen LogP contribution in [0.5, 0.6) is 0 Å². The van der Waals surface area contributed by atoms with E-state index in [2.05, 4.69) is 27.4 Å². The summed E-state index contributed by atoms with van der Waals surface area (Å²) in [4.78, 5) is 4.53. The van der Waals surface area contributed by atoms with Crippen LogP contribution in [0.4, 0.5) is 5.95 Å². The van der Waals surface area contributed by atoms with Crippen LogP contribution in [-0.2, 0) is 0 Å². The van der Waals surface area contributed by atoms with E-state index >= 15 is 0 Å². The lowest BCUT2D eigenvalue weighted by molar-refractivity contribution is 0.327. The van der Waals surface area contributed by atoms with E-state index in [-0.39, 0.29) is 0 Å². The Morgan fingerprint density at radius 3 is 2.58 bits per heavy atom. The molecule has 1 atom stereocenters. The molecule has 1 aliphatic carbocycles. The number of hydrogen-bond donors (Lipinski definition) is 1. The normalized spacial score (nSPS) is 18.4. The van der Waals surface area contributed by atoms with Gasteiger partial charge in [-0.05, 0) is 37.8 Å². The van der Waals surface area contributed by atoms with Gasteiger partial charge in [-0.15, -0.1) is 10.2 Å². The summed E-state index contributed by atoms with van der Waals surface area (Å²) in [5.74, 6) is 1.39. The van der Waals surface area contributed by atoms with E-state index in [1.165, 1.54) is 32.1 Å². The SMILES string of the molecule is CC(Nc1nnc2ccccc2n1)C1CCCCC1. The molecular formula is C15H20N4. The van der Waals surface area contributed by atoms with Crippen molar-refractivity contribution in [2.75, 3.05) is 5.32 Å². The zero-order chi connectivity index (χ0) is 13.1. The molecule has 0 radical (unpaired) electrons. The molecule has 1 fully saturated rings. The molecule has 1 aliphatic rings. The molecule has 1 aromatic carbocycles. The van der Waals surface area contributed by atoms with Gasteiger partial charge in [-0.2, -0.15) is 0 Å². The minimum absolute atomic E-state index is 0.420. The van der Waals surface area contributed by atoms with Crippen LogP contribution < -0.4 is 5.32 Å². The fraction of sp³-hybridized carbons (Fsp3) is 0.533. The van der Waals surface area contributed by atoms with E-state index in [9.17, 15) is 0 Å². The Hall–Kier alpha value is -1.71. The number of nitrogens with zero attached hydrogens (tertiary/aromatic N) is 3. The first-order valence-corrected chi connectivity index (χ1v) is 7.19. The van der Waals surface area contributed by atoms with E-state index in [4.69, 9.17) is 0 Å². The molecule has 0 amide bonds. The molecule has 1 unspecified atom stereocenters. The fourth-order valence-electron chi connectivity index (χ4n) is 2.90. The maximum atomic E-state index is 4.53. The van der Waals surface area contributed by atoms with Crippen molar-refractivity contribution in [2.45, 2.75) is 45.1 Å². The van der Waals surface area contributed by atoms with Crippen molar-refractivity contribution in [3.05, 3.63) is 24.3 Å². The summed E-state index contributed by atoms with van der Waals surface area (Å²) >= 11 is 0. The van der Waals surface area contributed by atoms with E-state index in [1.807, 2.05) is 24.3 Å². The quantitative estimate of drug-likeness (QED) is 0.914. The highest BCUT2D eigenvalue weighted by atomic mass is 15.2. The first-order chi connectivity index (χ1) is 9.33. The third-order valence-electron chi connectivity index (χ3n) is 4.07. The van der Waals surface area contributed by atoms with Crippen molar-refractivity contribution < 1.29 is 0 Å². The molecule has 4 heteroatoms. The molecule has 1 N–H and O–H groups in total. The zero-order valence-electron chi connectivity index (χ0n) is 11.3. The van der Waals surface area contributed by atoms with Crippen LogP contribution in [0, 0.1) is 5.92 Å². The Kier molecular flexibility index (Phi) is 3.58. The van der Waals surface area contributed by atoms with Crippen molar-refractivity contribution >= 4 is 17.0 Å². The lowest BCUT2D eigenvalue weighted by Crippen LogP contribution is -2.28. The number of aromatic nitrogens is 3. The maximum absolute atomic E-state index is 4.53. The highest BCUT2D eigenvalue weighted by molar-refractivity contribution is 5.74. The molecule has 0 bridgehead atoms. The van der Waals surface area contributed by atoms with E-state index in [0.29, 0.717) is 12.0 Å². The Balaban J connectivity index is 1.73. The summed E-state index contributed by atoms with van der Waals surface area (Å²) in [6.45, 7) is 2.23. The van der Waals surface area contributed by atoms with E-state index in [1.54, 1.807) is 0 Å². The monoisotopic (exact) mass is 256 g/mol. The largest absolute Gasteiger partial charge is 0.350 e. The minimum Gasteiger partial charge on any atom is -0.350 e. The van der Waals surface area contributed by atoms with Gasteiger partial charge >= 0.3 is 0 Å². The third-order valence-corrected chi connectivity index (χ3v) is 4.07. The summed E-state index contributed by atoms with van der Waals surface area (Å²) < 4.78 is 0. The van der Waals surface area contributed by atoms with Gasteiger partial charge in [-0.1, -0.05) is 31.4 Å². The standard InChI is InChI=1S/C15H20N4/c1-11(12-7-3-2-4-8-12)16-15-17-13-9-5-6-10-14(13)18-19-15/h5-6,9-12H,2-4,7-8H2,1H3,(H,16,17,19). The van der Waals surface area contributed by atoms with E-state index in [0.717, 1.165) is 17.0 Å². The molecule has 0 saturated heterocycles. The lowest BCUT2D eigenvalue weighted by atomic mass is 9.85. The van der Waals surface area contributed by atoms with Gasteiger partial charge < -0.3 is 5.32 Å². The van der Waals surface area contributed by atoms with Gasteiger partial charge in [-0.25, -0.2) is 4.98 Å². The molecule has 4 nitrogen and oxygen atoms in total. The van der Waals surface area contributed by atoms with Crippen LogP contribution in [0.3, 0.4) is 0 Å². The second-order valence-corrected chi connectivity index (χ2v) is 5.46. The Morgan fingerprint density at radius 2 is 1.79 bits per heavy atom. The number of anilines is 1. The lowest BCUT2D eigenvalue weighted by Gasteiger charge is -2.28. The Bertz CT molecular complexity index is 549. The number of hydrogen-bond acceptors (Lipinski definition) is 4. The number of para-hydroxylation sites is 1. The minimum atomic E-state index is 0.420. The summed E-state index contributed by atoms with van der Waals surface area (Å²) in [7, 11) is 0. The molecule has 1 saturated carbocycles. The van der Waals surface area contributed by atoms with Gasteiger partial charge in [0.25, 0.3) is 0 Å². The summed E-state index contributed by atoms with van der Waals surface area (Å²) in [6.07, 6.45) is 6.72. The first-order valence-electron chi connectivity index (χ1n) is 7.19. The molecule has 0 spiro atoms. The fourth-order valence-corrected chi connectivity index (χ4v) is 2.90. The summed E-state index contributed by atoms with van der Waals surface area (Å²) in [5, 5.41) is 11.8. The van der Waals surface area contributed by atoms with Crippen LogP contribution in [0.2, 0.25) is 0 Å². The van der Waals surface area contributed by atoms with Gasteiger partial charge in [0.1, 0.15) is 5.52 Å². The van der Waals surface area contributed by atoms with Crippen molar-refractivity contribution in [1.82, 2.24) is 15.2 Å². The van der Waals surface area contributed by atoms with Gasteiger partial charge in [0, 0.05) is 6.04 Å². The van der Waals surface area contributed by atoms with Crippen LogP contribution in [0.25, 0.3) is 11.0 Å². The summed E-state index contributed by atoms with van der Waals surface area (Å²) in [6, 6.07) is 8.26. The predicted molar refractivity (Wildman–Crippen MR) is 77.0 cm³/mol. The summed E-state index contributed by atoms with van der Waals surface area (Å²) in [5.41, 5.74) is 1.74. The second-order valence-electron chi connectivity index (χ2n) is 5.46. The highest BCUT2D eigenvalue weighted by Crippen LogP contribution is 2.27. The average molecular weight is 256 g/mol. The first kappa shape index (κ1) is 12.3. The second kappa shape index (κ2) is 5.51. The van der Waals surface area contributed by atoms with Crippen LogP contribution in [0.1, 0.15) is 39.0 Å². The predicted octanol–water partition coefficient (Wildman–Crippen LogP) is 3.41. The van der Waals surface area contributed by atoms with Crippen LogP contribution in [-0.4, -0.2) is 21.2 Å². The van der Waals surface area contributed by atoms with Crippen LogP contribution in [0.15, 0.2) is 24.3 Å². The molecule has 19 heavy (non-hydrogen) atoms. The van der Waals surface area contributed by atoms with Gasteiger partial charge in [0.2, 0.25) is 5.95 Å². The Labute approximate surface area is 113 Å². The number of fused-ring (bicyclic) bond motifs is 1. The van der Waals surface area contributed by atoms with Crippen molar-refractivity contribution in [3.63, 3.8) is 0 Å². The molecule has 2 aromatic rings. The average Bonchev–Trinajstić information content (AvgIpc) is 2.48. The van der Waals surface area contributed by atoms with Crippen LogP contribution >= 0.6 is 0 Å². The van der Waals surface area contributed by atoms with Gasteiger partial charge in [-0.3, -0.25) is 0 Å². The molecule has 0 aliphatic heterocycles. The van der Waals surface area contributed by atoms with E-state index < -0.39 is 0 Å². The molecular weight excluding hydrogens is 236 g/mol.